The Morgan fingerprint density at radius 3 is 2.35 bits per heavy atom. The highest BCUT2D eigenvalue weighted by Crippen LogP contribution is 2.38. The molecule has 224 valence electrons. The first-order valence-corrected chi connectivity index (χ1v) is 14.6. The van der Waals surface area contributed by atoms with Gasteiger partial charge in [-0.05, 0) is 124 Å². The van der Waals surface area contributed by atoms with Gasteiger partial charge in [-0.15, -0.1) is 0 Å². The van der Waals surface area contributed by atoms with Crippen LogP contribution in [-0.2, 0) is 4.74 Å². The van der Waals surface area contributed by atoms with Crippen molar-refractivity contribution in [1.29, 1.82) is 0 Å². The molecule has 0 aliphatic carbocycles. The quantitative estimate of drug-likeness (QED) is 0.206. The van der Waals surface area contributed by atoms with Gasteiger partial charge in [-0.25, -0.2) is 9.18 Å². The first-order chi connectivity index (χ1) is 20.6. The molecule has 5 rings (SSSR count). The number of rotatable bonds is 8. The number of carbonyl (C=O) groups excluding carboxylic acids is 2. The van der Waals surface area contributed by atoms with Gasteiger partial charge >= 0.3 is 6.09 Å². The van der Waals surface area contributed by atoms with E-state index in [0.29, 0.717) is 45.4 Å². The van der Waals surface area contributed by atoms with Crippen LogP contribution in [0.2, 0.25) is 0 Å². The van der Waals surface area contributed by atoms with E-state index in [-0.39, 0.29) is 17.2 Å². The predicted molar refractivity (Wildman–Crippen MR) is 167 cm³/mol. The summed E-state index contributed by atoms with van der Waals surface area (Å²) in [6, 6.07) is 19.3. The minimum absolute atomic E-state index is 0.0683. The summed E-state index contributed by atoms with van der Waals surface area (Å²) in [6.45, 7) is 8.85. The lowest BCUT2D eigenvalue weighted by Crippen LogP contribution is -2.33. The molecule has 0 bridgehead atoms. The van der Waals surface area contributed by atoms with Crippen molar-refractivity contribution in [1.82, 2.24) is 4.90 Å². The van der Waals surface area contributed by atoms with E-state index in [9.17, 15) is 19.1 Å². The number of anilines is 1. The highest BCUT2D eigenvalue weighted by Gasteiger charge is 2.23. The van der Waals surface area contributed by atoms with Gasteiger partial charge in [0.2, 0.25) is 0 Å². The van der Waals surface area contributed by atoms with E-state index in [2.05, 4.69) is 10.2 Å². The van der Waals surface area contributed by atoms with E-state index >= 15 is 0 Å². The molecule has 1 aliphatic heterocycles. The number of likely N-dealkylation sites (tertiary alicyclic amines) is 1. The molecule has 4 aromatic carbocycles. The molecule has 1 heterocycles. The van der Waals surface area contributed by atoms with Crippen molar-refractivity contribution in [2.45, 2.75) is 45.6 Å². The number of amides is 1. The van der Waals surface area contributed by atoms with Crippen LogP contribution in [0, 0.1) is 5.82 Å². The van der Waals surface area contributed by atoms with Crippen LogP contribution in [-0.4, -0.2) is 53.7 Å². The van der Waals surface area contributed by atoms with E-state index < -0.39 is 17.5 Å². The molecule has 4 aromatic rings. The molecular formula is C35H37FN2O5. The Balaban J connectivity index is 1.48. The summed E-state index contributed by atoms with van der Waals surface area (Å²) in [5, 5.41) is 14.0. The number of hydrogen-bond donors (Lipinski definition) is 2. The average molecular weight is 585 g/mol. The zero-order valence-electron chi connectivity index (χ0n) is 24.8. The number of fused-ring (bicyclic) bond motifs is 1. The van der Waals surface area contributed by atoms with Crippen LogP contribution in [0.15, 0.2) is 72.8 Å². The lowest BCUT2D eigenvalue weighted by Gasteiger charge is -2.26. The van der Waals surface area contributed by atoms with Crippen LogP contribution in [0.3, 0.4) is 0 Å². The number of aromatic hydroxyl groups is 1. The summed E-state index contributed by atoms with van der Waals surface area (Å²) in [4.78, 5) is 29.2. The zero-order chi connectivity index (χ0) is 30.6. The standard InChI is InChI=1S/C35H37FN2O5/c1-35(2,3)43-34(41)37-31-22-25(36)10-15-29(31)30-14-9-24-21-26(39)11-16-28(24)32(30)33(40)23-7-12-27(13-8-23)42-20-19-38-17-5-4-6-18-38/h7-16,21-22,39H,4-6,17-20H2,1-3H3,(H,37,41). The molecule has 0 saturated carbocycles. The van der Waals surface area contributed by atoms with Crippen molar-refractivity contribution in [3.05, 3.63) is 89.7 Å². The number of hydrogen-bond acceptors (Lipinski definition) is 6. The third kappa shape index (κ3) is 7.51. The van der Waals surface area contributed by atoms with Crippen LogP contribution < -0.4 is 10.1 Å². The molecule has 0 unspecified atom stereocenters. The molecule has 0 spiro atoms. The van der Waals surface area contributed by atoms with Gasteiger partial charge in [0.25, 0.3) is 0 Å². The fraction of sp³-hybridized carbons (Fsp3) is 0.314. The average Bonchev–Trinajstić information content (AvgIpc) is 2.96. The van der Waals surface area contributed by atoms with Crippen LogP contribution in [0.25, 0.3) is 21.9 Å². The number of nitrogens with one attached hydrogen (secondary N) is 1. The summed E-state index contributed by atoms with van der Waals surface area (Å²) in [5.74, 6) is -0.0688. The molecule has 7 nitrogen and oxygen atoms in total. The number of carbonyl (C=O) groups is 2. The van der Waals surface area contributed by atoms with E-state index in [4.69, 9.17) is 9.47 Å². The first-order valence-electron chi connectivity index (χ1n) is 14.6. The lowest BCUT2D eigenvalue weighted by atomic mass is 9.88. The molecule has 0 atom stereocenters. The van der Waals surface area contributed by atoms with E-state index in [1.165, 1.54) is 43.5 Å². The molecule has 8 heteroatoms. The molecule has 1 fully saturated rings. The van der Waals surface area contributed by atoms with Crippen LogP contribution in [0.4, 0.5) is 14.9 Å². The highest BCUT2D eigenvalue weighted by atomic mass is 19.1. The van der Waals surface area contributed by atoms with E-state index in [1.807, 2.05) is 0 Å². The maximum atomic E-state index is 14.4. The number of ether oxygens (including phenoxy) is 2. The highest BCUT2D eigenvalue weighted by molar-refractivity contribution is 6.21. The lowest BCUT2D eigenvalue weighted by molar-refractivity contribution is 0.0636. The number of benzene rings is 4. The minimum atomic E-state index is -0.757. The van der Waals surface area contributed by atoms with E-state index in [0.717, 1.165) is 19.6 Å². The van der Waals surface area contributed by atoms with Crippen LogP contribution in [0.1, 0.15) is 56.0 Å². The Kier molecular flexibility index (Phi) is 8.97. The number of ketones is 1. The number of halogens is 1. The first kappa shape index (κ1) is 30.0. The van der Waals surface area contributed by atoms with Crippen molar-refractivity contribution in [3.63, 3.8) is 0 Å². The number of phenolic OH excluding ortho intramolecular Hbond substituents is 1. The van der Waals surface area contributed by atoms with Gasteiger partial charge < -0.3 is 14.6 Å². The number of phenols is 1. The molecule has 2 N–H and O–H groups in total. The largest absolute Gasteiger partial charge is 0.508 e. The Hall–Kier alpha value is -4.43. The number of piperidine rings is 1. The second-order valence-corrected chi connectivity index (χ2v) is 11.8. The van der Waals surface area contributed by atoms with Crippen molar-refractivity contribution in [2.24, 2.45) is 0 Å². The van der Waals surface area contributed by atoms with Gasteiger partial charge in [-0.3, -0.25) is 15.0 Å². The van der Waals surface area contributed by atoms with E-state index in [1.54, 1.807) is 69.3 Å². The maximum absolute atomic E-state index is 14.4. The molecule has 43 heavy (non-hydrogen) atoms. The van der Waals surface area contributed by atoms with Gasteiger partial charge in [-0.2, -0.15) is 0 Å². The third-order valence-electron chi connectivity index (χ3n) is 7.38. The molecule has 1 saturated heterocycles. The molecule has 1 amide bonds. The smallest absolute Gasteiger partial charge is 0.412 e. The maximum Gasteiger partial charge on any atom is 0.412 e. The second kappa shape index (κ2) is 12.8. The normalized spacial score (nSPS) is 14.0. The second-order valence-electron chi connectivity index (χ2n) is 11.8. The number of nitrogens with zero attached hydrogens (tertiary/aromatic N) is 1. The van der Waals surface area contributed by atoms with Gasteiger partial charge in [0.15, 0.2) is 5.78 Å². The van der Waals surface area contributed by atoms with Gasteiger partial charge in [-0.1, -0.05) is 18.6 Å². The predicted octanol–water partition coefficient (Wildman–Crippen LogP) is 7.79. The van der Waals surface area contributed by atoms with Crippen LogP contribution in [0.5, 0.6) is 11.5 Å². The molecule has 0 radical (unpaired) electrons. The monoisotopic (exact) mass is 584 g/mol. The topological polar surface area (TPSA) is 88.1 Å². The summed E-state index contributed by atoms with van der Waals surface area (Å²) >= 11 is 0. The van der Waals surface area contributed by atoms with Crippen molar-refractivity contribution in [3.8, 4) is 22.6 Å². The third-order valence-corrected chi connectivity index (χ3v) is 7.38. The molecular weight excluding hydrogens is 547 g/mol. The van der Waals surface area contributed by atoms with Crippen molar-refractivity contribution >= 4 is 28.3 Å². The summed E-state index contributed by atoms with van der Waals surface area (Å²) in [6.07, 6.45) is 3.00. The molecule has 0 aromatic heterocycles. The summed E-state index contributed by atoms with van der Waals surface area (Å²) in [7, 11) is 0. The fourth-order valence-corrected chi connectivity index (χ4v) is 5.38. The summed E-state index contributed by atoms with van der Waals surface area (Å²) in [5.41, 5.74) is 1.15. The summed E-state index contributed by atoms with van der Waals surface area (Å²) < 4.78 is 25.8. The Bertz CT molecular complexity index is 1620. The Morgan fingerprint density at radius 2 is 1.63 bits per heavy atom. The Labute approximate surface area is 251 Å². The van der Waals surface area contributed by atoms with Gasteiger partial charge in [0.1, 0.15) is 29.5 Å². The molecule has 1 aliphatic rings. The minimum Gasteiger partial charge on any atom is -0.508 e. The van der Waals surface area contributed by atoms with Gasteiger partial charge in [0.05, 0.1) is 5.69 Å². The Morgan fingerprint density at radius 1 is 0.907 bits per heavy atom. The fourth-order valence-electron chi connectivity index (χ4n) is 5.38. The van der Waals surface area contributed by atoms with Crippen LogP contribution >= 0.6 is 0 Å². The van der Waals surface area contributed by atoms with Crippen molar-refractivity contribution < 1.29 is 28.6 Å². The van der Waals surface area contributed by atoms with Gasteiger partial charge in [0, 0.05) is 23.2 Å². The SMILES string of the molecule is CC(C)(C)OC(=O)Nc1cc(F)ccc1-c1ccc2cc(O)ccc2c1C(=O)c1ccc(OCCN2CCCCC2)cc1. The van der Waals surface area contributed by atoms with Crippen molar-refractivity contribution in [2.75, 3.05) is 31.6 Å². The zero-order valence-corrected chi connectivity index (χ0v) is 24.8.